The van der Waals surface area contributed by atoms with E-state index >= 15 is 0 Å². The normalized spacial score (nSPS) is 12.7. The molecule has 0 aliphatic heterocycles. The van der Waals surface area contributed by atoms with Gasteiger partial charge in [-0.15, -0.1) is 0 Å². The second kappa shape index (κ2) is 6.09. The van der Waals surface area contributed by atoms with E-state index in [2.05, 4.69) is 10.3 Å². The van der Waals surface area contributed by atoms with Crippen molar-refractivity contribution in [3.63, 3.8) is 0 Å². The predicted octanol–water partition coefficient (Wildman–Crippen LogP) is 2.73. The lowest BCUT2D eigenvalue weighted by Gasteiger charge is -2.18. The van der Waals surface area contributed by atoms with Crippen molar-refractivity contribution in [1.82, 2.24) is 14.9 Å². The molecule has 6 heteroatoms. The number of aromatic nitrogens is 2. The number of hydrogen-bond donors (Lipinski definition) is 1. The molecule has 0 saturated heterocycles. The molecule has 2 aromatic rings. The lowest BCUT2D eigenvalue weighted by Crippen LogP contribution is -2.20. The maximum atomic E-state index is 13.8. The molecule has 3 nitrogen and oxygen atoms in total. The van der Waals surface area contributed by atoms with E-state index in [0.717, 1.165) is 5.82 Å². The van der Waals surface area contributed by atoms with Gasteiger partial charge in [-0.05, 0) is 13.5 Å². The monoisotopic (exact) mass is 283 g/mol. The zero-order valence-corrected chi connectivity index (χ0v) is 11.3. The van der Waals surface area contributed by atoms with Crippen LogP contribution >= 0.6 is 0 Å². The van der Waals surface area contributed by atoms with Gasteiger partial charge in [0.2, 0.25) is 0 Å². The van der Waals surface area contributed by atoms with Gasteiger partial charge in [0.05, 0.1) is 0 Å². The fourth-order valence-electron chi connectivity index (χ4n) is 2.23. The zero-order valence-electron chi connectivity index (χ0n) is 11.3. The minimum atomic E-state index is -0.914. The Kier molecular flexibility index (Phi) is 4.44. The van der Waals surface area contributed by atoms with Crippen molar-refractivity contribution in [3.8, 4) is 0 Å². The molecule has 1 atom stereocenters. The van der Waals surface area contributed by atoms with Gasteiger partial charge in [0, 0.05) is 49.6 Å². The van der Waals surface area contributed by atoms with Crippen LogP contribution in [0.5, 0.6) is 0 Å². The first-order valence-electron chi connectivity index (χ1n) is 6.30. The largest absolute Gasteiger partial charge is 0.338 e. The van der Waals surface area contributed by atoms with E-state index in [4.69, 9.17) is 0 Å². The molecule has 0 aliphatic carbocycles. The second-order valence-electron chi connectivity index (χ2n) is 4.62. The van der Waals surface area contributed by atoms with Gasteiger partial charge in [0.1, 0.15) is 23.3 Å². The number of imidazole rings is 1. The number of nitrogens with one attached hydrogen (secondary N) is 1. The summed E-state index contributed by atoms with van der Waals surface area (Å²) in [4.78, 5) is 4.16. The van der Waals surface area contributed by atoms with E-state index in [9.17, 15) is 13.2 Å². The molecule has 108 valence electrons. The Labute approximate surface area is 115 Å². The zero-order chi connectivity index (χ0) is 14.7. The molecule has 0 aliphatic rings. The van der Waals surface area contributed by atoms with Crippen molar-refractivity contribution >= 4 is 0 Å². The summed E-state index contributed by atoms with van der Waals surface area (Å²) < 4.78 is 42.3. The molecule has 0 amide bonds. The summed E-state index contributed by atoms with van der Waals surface area (Å²) in [6, 6.07) is 0.861. The van der Waals surface area contributed by atoms with E-state index in [1.165, 1.54) is 0 Å². The van der Waals surface area contributed by atoms with E-state index in [-0.39, 0.29) is 5.56 Å². The predicted molar refractivity (Wildman–Crippen MR) is 69.6 cm³/mol. The van der Waals surface area contributed by atoms with Crippen LogP contribution in [0.15, 0.2) is 24.5 Å². The quantitative estimate of drug-likeness (QED) is 0.914. The fraction of sp³-hybridized carbons (Fsp3) is 0.357. The summed E-state index contributed by atoms with van der Waals surface area (Å²) in [7, 11) is 3.47. The van der Waals surface area contributed by atoms with Crippen LogP contribution in [0.4, 0.5) is 13.2 Å². The van der Waals surface area contributed by atoms with Crippen molar-refractivity contribution in [2.24, 2.45) is 7.05 Å². The summed E-state index contributed by atoms with van der Waals surface area (Å²) >= 11 is 0. The maximum absolute atomic E-state index is 13.8. The van der Waals surface area contributed by atoms with Gasteiger partial charge in [-0.2, -0.15) is 0 Å². The smallest absolute Gasteiger partial charge is 0.133 e. The van der Waals surface area contributed by atoms with Gasteiger partial charge in [-0.3, -0.25) is 0 Å². The summed E-state index contributed by atoms with van der Waals surface area (Å²) in [6.07, 6.45) is 4.50. The first kappa shape index (κ1) is 14.6. The van der Waals surface area contributed by atoms with Crippen molar-refractivity contribution in [3.05, 3.63) is 53.4 Å². The van der Waals surface area contributed by atoms with E-state index in [0.29, 0.717) is 25.0 Å². The van der Waals surface area contributed by atoms with Crippen molar-refractivity contribution in [2.75, 3.05) is 7.05 Å². The Balaban J connectivity index is 2.18. The first-order valence-corrected chi connectivity index (χ1v) is 6.30. The van der Waals surface area contributed by atoms with Crippen LogP contribution in [-0.2, 0) is 13.5 Å². The average molecular weight is 283 g/mol. The number of nitrogens with zero attached hydrogens (tertiary/aromatic N) is 2. The average Bonchev–Trinajstić information content (AvgIpc) is 2.78. The third-order valence-electron chi connectivity index (χ3n) is 3.32. The Morgan fingerprint density at radius 3 is 2.40 bits per heavy atom. The van der Waals surface area contributed by atoms with Crippen LogP contribution in [0.1, 0.15) is 23.9 Å². The lowest BCUT2D eigenvalue weighted by molar-refractivity contribution is 0.457. The molecule has 1 aromatic heterocycles. The Morgan fingerprint density at radius 2 is 1.90 bits per heavy atom. The van der Waals surface area contributed by atoms with Crippen LogP contribution < -0.4 is 5.32 Å². The molecule has 2 rings (SSSR count). The van der Waals surface area contributed by atoms with Crippen molar-refractivity contribution < 1.29 is 13.2 Å². The molecule has 0 spiro atoms. The summed E-state index contributed by atoms with van der Waals surface area (Å²) in [6.45, 7) is 0. The molecule has 1 heterocycles. The molecular formula is C14H16F3N3. The Morgan fingerprint density at radius 1 is 1.25 bits per heavy atom. The van der Waals surface area contributed by atoms with Crippen molar-refractivity contribution in [2.45, 2.75) is 18.9 Å². The van der Waals surface area contributed by atoms with E-state index < -0.39 is 23.5 Å². The van der Waals surface area contributed by atoms with Gasteiger partial charge in [-0.25, -0.2) is 18.2 Å². The van der Waals surface area contributed by atoms with Crippen LogP contribution in [-0.4, -0.2) is 16.6 Å². The van der Waals surface area contributed by atoms with Gasteiger partial charge < -0.3 is 9.88 Å². The summed E-state index contributed by atoms with van der Waals surface area (Å²) in [5, 5.41) is 2.86. The lowest BCUT2D eigenvalue weighted by atomic mass is 10.0. The highest BCUT2D eigenvalue weighted by Crippen LogP contribution is 2.25. The highest BCUT2D eigenvalue weighted by atomic mass is 19.1. The highest BCUT2D eigenvalue weighted by Gasteiger charge is 2.20. The number of benzene rings is 1. The van der Waals surface area contributed by atoms with Crippen LogP contribution in [0.3, 0.4) is 0 Å². The van der Waals surface area contributed by atoms with Crippen molar-refractivity contribution in [1.29, 1.82) is 0 Å². The minimum Gasteiger partial charge on any atom is -0.338 e. The SMILES string of the molecule is CNC(CCc1nccn1C)c1c(F)cc(F)cc1F. The van der Waals surface area contributed by atoms with Gasteiger partial charge in [0.25, 0.3) is 0 Å². The number of halogens is 3. The summed E-state index contributed by atoms with van der Waals surface area (Å²) in [5.41, 5.74) is -0.136. The van der Waals surface area contributed by atoms with Gasteiger partial charge in [-0.1, -0.05) is 0 Å². The third-order valence-corrected chi connectivity index (χ3v) is 3.32. The molecule has 0 bridgehead atoms. The summed E-state index contributed by atoms with van der Waals surface area (Å²) in [5.74, 6) is -1.83. The van der Waals surface area contributed by atoms with Crippen LogP contribution in [0.2, 0.25) is 0 Å². The topological polar surface area (TPSA) is 29.9 Å². The number of hydrogen-bond acceptors (Lipinski definition) is 2. The molecule has 0 fully saturated rings. The number of rotatable bonds is 5. The highest BCUT2D eigenvalue weighted by molar-refractivity contribution is 5.24. The maximum Gasteiger partial charge on any atom is 0.133 e. The first-order chi connectivity index (χ1) is 9.52. The van der Waals surface area contributed by atoms with E-state index in [1.807, 2.05) is 17.8 Å². The Bertz CT molecular complexity index is 572. The molecule has 1 N–H and O–H groups in total. The molecular weight excluding hydrogens is 267 g/mol. The van der Waals surface area contributed by atoms with Crippen LogP contribution in [0.25, 0.3) is 0 Å². The third kappa shape index (κ3) is 3.01. The second-order valence-corrected chi connectivity index (χ2v) is 4.62. The molecule has 20 heavy (non-hydrogen) atoms. The molecule has 1 unspecified atom stereocenters. The van der Waals surface area contributed by atoms with Gasteiger partial charge >= 0.3 is 0 Å². The fourth-order valence-corrected chi connectivity index (χ4v) is 2.23. The molecule has 0 saturated carbocycles. The molecule has 0 radical (unpaired) electrons. The standard InChI is InChI=1S/C14H16F3N3/c1-18-12(3-4-13-19-5-6-20(13)2)14-10(16)7-9(15)8-11(14)17/h5-8,12,18H,3-4H2,1-2H3. The minimum absolute atomic E-state index is 0.136. The number of aryl methyl sites for hydroxylation is 2. The molecule has 1 aromatic carbocycles. The Hall–Kier alpha value is -1.82. The van der Waals surface area contributed by atoms with Crippen LogP contribution in [0, 0.1) is 17.5 Å². The van der Waals surface area contributed by atoms with Gasteiger partial charge in [0.15, 0.2) is 0 Å². The van der Waals surface area contributed by atoms with E-state index in [1.54, 1.807) is 13.2 Å².